The van der Waals surface area contributed by atoms with Crippen LogP contribution in [0, 0.1) is 6.92 Å². The summed E-state index contributed by atoms with van der Waals surface area (Å²) in [6.45, 7) is 5.52. The molecule has 0 bridgehead atoms. The summed E-state index contributed by atoms with van der Waals surface area (Å²) in [4.78, 5) is 24.2. The third-order valence-electron chi connectivity index (χ3n) is 5.34. The van der Waals surface area contributed by atoms with E-state index in [4.69, 9.17) is 11.6 Å². The Bertz CT molecular complexity index is 1120. The number of rotatable bonds is 5. The Labute approximate surface area is 187 Å². The Morgan fingerprint density at radius 2 is 1.84 bits per heavy atom. The zero-order valence-corrected chi connectivity index (χ0v) is 19.3. The molecule has 2 aromatic carbocycles. The van der Waals surface area contributed by atoms with Crippen LogP contribution < -0.4 is 10.6 Å². The first-order valence-electron chi connectivity index (χ1n) is 10.1. The molecule has 0 aliphatic carbocycles. The first-order chi connectivity index (χ1) is 14.6. The van der Waals surface area contributed by atoms with Gasteiger partial charge in [0.05, 0.1) is 15.6 Å². The van der Waals surface area contributed by atoms with Crippen LogP contribution in [0.4, 0.5) is 11.4 Å². The Morgan fingerprint density at radius 3 is 2.48 bits per heavy atom. The van der Waals surface area contributed by atoms with Gasteiger partial charge in [-0.05, 0) is 62.6 Å². The van der Waals surface area contributed by atoms with Crippen LogP contribution in [0.25, 0.3) is 0 Å². The SMILES string of the molecule is CC(=O)Nc1ccc(NC(=O)c2cc(S(=O)(=O)N3CCCCC3C)ccc2C)cc1Cl. The van der Waals surface area contributed by atoms with Gasteiger partial charge in [0, 0.05) is 30.8 Å². The second kappa shape index (κ2) is 9.38. The molecule has 2 aromatic rings. The van der Waals surface area contributed by atoms with Crippen LogP contribution in [0.3, 0.4) is 0 Å². The van der Waals surface area contributed by atoms with Crippen LogP contribution in [-0.4, -0.2) is 37.1 Å². The van der Waals surface area contributed by atoms with Gasteiger partial charge < -0.3 is 10.6 Å². The molecule has 0 radical (unpaired) electrons. The fourth-order valence-corrected chi connectivity index (χ4v) is 5.61. The van der Waals surface area contributed by atoms with E-state index in [9.17, 15) is 18.0 Å². The number of halogens is 1. The van der Waals surface area contributed by atoms with Gasteiger partial charge in [0.15, 0.2) is 0 Å². The van der Waals surface area contributed by atoms with Crippen molar-refractivity contribution in [3.05, 3.63) is 52.5 Å². The van der Waals surface area contributed by atoms with E-state index in [1.54, 1.807) is 31.2 Å². The predicted octanol–water partition coefficient (Wildman–Crippen LogP) is 4.42. The largest absolute Gasteiger partial charge is 0.325 e. The van der Waals surface area contributed by atoms with Crippen molar-refractivity contribution in [3.63, 3.8) is 0 Å². The molecule has 166 valence electrons. The van der Waals surface area contributed by atoms with Gasteiger partial charge in [0.2, 0.25) is 15.9 Å². The Morgan fingerprint density at radius 1 is 1.10 bits per heavy atom. The Hall–Kier alpha value is -2.42. The highest BCUT2D eigenvalue weighted by Gasteiger charge is 2.31. The summed E-state index contributed by atoms with van der Waals surface area (Å²) < 4.78 is 27.8. The molecule has 7 nitrogen and oxygen atoms in total. The van der Waals surface area contributed by atoms with E-state index in [-0.39, 0.29) is 27.4 Å². The van der Waals surface area contributed by atoms with Gasteiger partial charge in [0.1, 0.15) is 0 Å². The molecule has 31 heavy (non-hydrogen) atoms. The first-order valence-corrected chi connectivity index (χ1v) is 11.9. The summed E-state index contributed by atoms with van der Waals surface area (Å²) in [5.41, 5.74) is 1.80. The zero-order valence-electron chi connectivity index (χ0n) is 17.7. The highest BCUT2D eigenvalue weighted by Crippen LogP contribution is 2.28. The highest BCUT2D eigenvalue weighted by molar-refractivity contribution is 7.89. The average Bonchev–Trinajstić information content (AvgIpc) is 2.70. The third kappa shape index (κ3) is 5.26. The molecule has 1 heterocycles. The van der Waals surface area contributed by atoms with E-state index in [0.717, 1.165) is 19.3 Å². The van der Waals surface area contributed by atoms with Crippen molar-refractivity contribution in [2.75, 3.05) is 17.2 Å². The van der Waals surface area contributed by atoms with Gasteiger partial charge in [-0.1, -0.05) is 24.1 Å². The summed E-state index contributed by atoms with van der Waals surface area (Å²) in [7, 11) is -3.69. The second-order valence-electron chi connectivity index (χ2n) is 7.77. The van der Waals surface area contributed by atoms with Crippen LogP contribution in [-0.2, 0) is 14.8 Å². The number of anilines is 2. The minimum Gasteiger partial charge on any atom is -0.325 e. The molecule has 1 aliphatic heterocycles. The average molecular weight is 464 g/mol. The number of carbonyl (C=O) groups is 2. The van der Waals surface area contributed by atoms with Gasteiger partial charge in [-0.2, -0.15) is 4.31 Å². The fraction of sp³-hybridized carbons (Fsp3) is 0.364. The first kappa shape index (κ1) is 23.2. The lowest BCUT2D eigenvalue weighted by Crippen LogP contribution is -2.42. The van der Waals surface area contributed by atoms with E-state index >= 15 is 0 Å². The summed E-state index contributed by atoms with van der Waals surface area (Å²) >= 11 is 6.17. The summed E-state index contributed by atoms with van der Waals surface area (Å²) in [5, 5.41) is 5.62. The molecule has 9 heteroatoms. The van der Waals surface area contributed by atoms with Crippen molar-refractivity contribution < 1.29 is 18.0 Å². The summed E-state index contributed by atoms with van der Waals surface area (Å²) in [5.74, 6) is -0.694. The fourth-order valence-electron chi connectivity index (χ4n) is 3.65. The van der Waals surface area contributed by atoms with Gasteiger partial charge in [-0.15, -0.1) is 0 Å². The lowest BCUT2D eigenvalue weighted by molar-refractivity contribution is -0.114. The maximum absolute atomic E-state index is 13.2. The van der Waals surface area contributed by atoms with Crippen molar-refractivity contribution in [2.24, 2.45) is 0 Å². The van der Waals surface area contributed by atoms with E-state index in [1.807, 2.05) is 6.92 Å². The van der Waals surface area contributed by atoms with Crippen LogP contribution in [0.15, 0.2) is 41.3 Å². The Balaban J connectivity index is 1.85. The number of piperidine rings is 1. The molecule has 1 aliphatic rings. The molecule has 1 atom stereocenters. The molecule has 2 amide bonds. The molecule has 2 N–H and O–H groups in total. The number of hydrogen-bond donors (Lipinski definition) is 2. The molecule has 0 spiro atoms. The van der Waals surface area contributed by atoms with Crippen molar-refractivity contribution in [2.45, 2.75) is 51.0 Å². The molecule has 0 aromatic heterocycles. The van der Waals surface area contributed by atoms with E-state index < -0.39 is 15.9 Å². The topological polar surface area (TPSA) is 95.6 Å². The third-order valence-corrected chi connectivity index (χ3v) is 7.66. The molecular weight excluding hydrogens is 438 g/mol. The smallest absolute Gasteiger partial charge is 0.255 e. The van der Waals surface area contributed by atoms with Crippen molar-refractivity contribution in [1.29, 1.82) is 0 Å². The quantitative estimate of drug-likeness (QED) is 0.685. The van der Waals surface area contributed by atoms with Gasteiger partial charge in [0.25, 0.3) is 5.91 Å². The number of benzene rings is 2. The zero-order chi connectivity index (χ0) is 22.8. The second-order valence-corrected chi connectivity index (χ2v) is 10.1. The van der Waals surface area contributed by atoms with E-state index in [2.05, 4.69) is 10.6 Å². The van der Waals surface area contributed by atoms with Crippen LogP contribution in [0.5, 0.6) is 0 Å². The minimum absolute atomic E-state index is 0.0680. The van der Waals surface area contributed by atoms with Crippen LogP contribution in [0.2, 0.25) is 5.02 Å². The Kier molecular flexibility index (Phi) is 7.03. The lowest BCUT2D eigenvalue weighted by Gasteiger charge is -2.32. The van der Waals surface area contributed by atoms with Crippen molar-refractivity contribution in [3.8, 4) is 0 Å². The molecule has 0 saturated carbocycles. The number of amides is 2. The maximum Gasteiger partial charge on any atom is 0.255 e. The minimum atomic E-state index is -3.69. The van der Waals surface area contributed by atoms with Crippen LogP contribution >= 0.6 is 11.6 Å². The highest BCUT2D eigenvalue weighted by atomic mass is 35.5. The monoisotopic (exact) mass is 463 g/mol. The number of hydrogen-bond acceptors (Lipinski definition) is 4. The molecule has 1 unspecified atom stereocenters. The van der Waals surface area contributed by atoms with Crippen molar-refractivity contribution >= 4 is 44.8 Å². The van der Waals surface area contributed by atoms with Gasteiger partial charge in [-0.25, -0.2) is 8.42 Å². The standard InChI is InChI=1S/C22H26ClN3O4S/c1-14-7-9-18(31(29,30)26-11-5-4-6-15(26)2)13-19(14)22(28)25-17-8-10-21(20(23)12-17)24-16(3)27/h7-10,12-13,15H,4-6,11H2,1-3H3,(H,24,27)(H,25,28). The van der Waals surface area contributed by atoms with Gasteiger partial charge in [-0.3, -0.25) is 9.59 Å². The predicted molar refractivity (Wildman–Crippen MR) is 122 cm³/mol. The van der Waals surface area contributed by atoms with Gasteiger partial charge >= 0.3 is 0 Å². The molecular formula is C22H26ClN3O4S. The van der Waals surface area contributed by atoms with Crippen LogP contribution in [0.1, 0.15) is 49.0 Å². The number of nitrogens with one attached hydrogen (secondary N) is 2. The summed E-state index contributed by atoms with van der Waals surface area (Å²) in [6, 6.07) is 9.27. The number of carbonyl (C=O) groups excluding carboxylic acids is 2. The normalized spacial score (nSPS) is 17.2. The molecule has 1 saturated heterocycles. The van der Waals surface area contributed by atoms with Crippen molar-refractivity contribution in [1.82, 2.24) is 4.31 Å². The number of aryl methyl sites for hydroxylation is 1. The lowest BCUT2D eigenvalue weighted by atomic mass is 10.1. The number of nitrogens with zero attached hydrogens (tertiary/aromatic N) is 1. The molecule has 3 rings (SSSR count). The molecule has 1 fully saturated rings. The number of sulfonamides is 1. The van der Waals surface area contributed by atoms with E-state index in [0.29, 0.717) is 23.5 Å². The summed E-state index contributed by atoms with van der Waals surface area (Å²) in [6.07, 6.45) is 2.67. The van der Waals surface area contributed by atoms with E-state index in [1.165, 1.54) is 23.4 Å². The maximum atomic E-state index is 13.2.